The fourth-order valence-electron chi connectivity index (χ4n) is 2.19. The van der Waals surface area contributed by atoms with Crippen LogP contribution in [0.4, 0.5) is 0 Å². The number of rotatable bonds is 4. The molecule has 1 aliphatic rings. The van der Waals surface area contributed by atoms with E-state index in [-0.39, 0.29) is 35.5 Å². The largest absolute Gasteiger partial charge is 0.508 e. The first-order chi connectivity index (χ1) is 8.96. The zero-order valence-electron chi connectivity index (χ0n) is 10.5. The molecule has 2 N–H and O–H groups in total. The Labute approximate surface area is 112 Å². The topological polar surface area (TPSA) is 83.5 Å². The van der Waals surface area contributed by atoms with E-state index >= 15 is 0 Å². The lowest BCUT2D eigenvalue weighted by atomic mass is 10.1. The second-order valence-electron chi connectivity index (χ2n) is 4.88. The molecule has 1 unspecified atom stereocenters. The average Bonchev–Trinajstić information content (AvgIpc) is 2.69. The highest BCUT2D eigenvalue weighted by Gasteiger charge is 2.27. The first-order valence-corrected chi connectivity index (χ1v) is 8.02. The molecule has 1 heterocycles. The molecule has 0 radical (unpaired) electrons. The molecule has 1 aliphatic heterocycles. The quantitative estimate of drug-likeness (QED) is 0.842. The number of phenols is 1. The van der Waals surface area contributed by atoms with E-state index in [9.17, 15) is 18.3 Å². The Bertz CT molecular complexity index is 568. The van der Waals surface area contributed by atoms with Crippen LogP contribution in [0.25, 0.3) is 0 Å². The summed E-state index contributed by atoms with van der Waals surface area (Å²) in [5, 5.41) is 12.3. The number of hydrogen-bond donors (Lipinski definition) is 2. The third-order valence-corrected chi connectivity index (χ3v) is 5.09. The molecular formula is C13H17NO4S. The molecule has 0 saturated carbocycles. The normalized spacial score (nSPS) is 21.2. The van der Waals surface area contributed by atoms with Crippen LogP contribution in [0, 0.1) is 5.92 Å². The maximum atomic E-state index is 11.7. The van der Waals surface area contributed by atoms with Gasteiger partial charge in [0.05, 0.1) is 17.9 Å². The van der Waals surface area contributed by atoms with Crippen LogP contribution in [0.15, 0.2) is 24.3 Å². The number of aromatic hydroxyl groups is 1. The summed E-state index contributed by atoms with van der Waals surface area (Å²) in [4.78, 5) is 11.7. The number of carbonyl (C=O) groups excluding carboxylic acids is 1. The molecule has 0 aliphatic carbocycles. The number of sulfone groups is 1. The highest BCUT2D eigenvalue weighted by Crippen LogP contribution is 2.18. The second-order valence-corrected chi connectivity index (χ2v) is 7.11. The van der Waals surface area contributed by atoms with Crippen molar-refractivity contribution in [3.05, 3.63) is 29.8 Å². The molecule has 1 fully saturated rings. The minimum absolute atomic E-state index is 0.0123. The van der Waals surface area contributed by atoms with Gasteiger partial charge in [-0.1, -0.05) is 18.2 Å². The Kier molecular flexibility index (Phi) is 4.09. The standard InChI is InChI=1S/C13H17NO4S/c15-12-4-2-1-3-11(12)7-13(16)14-8-10-5-6-19(17,18)9-10/h1-4,10,15H,5-9H2,(H,14,16). The second kappa shape index (κ2) is 5.61. The summed E-state index contributed by atoms with van der Waals surface area (Å²) in [5.41, 5.74) is 0.569. The van der Waals surface area contributed by atoms with Crippen LogP contribution in [-0.4, -0.2) is 37.5 Å². The Morgan fingerprint density at radius 1 is 1.37 bits per heavy atom. The van der Waals surface area contributed by atoms with Gasteiger partial charge in [-0.3, -0.25) is 4.79 Å². The van der Waals surface area contributed by atoms with E-state index in [1.807, 2.05) is 0 Å². The van der Waals surface area contributed by atoms with Crippen LogP contribution in [-0.2, 0) is 21.1 Å². The minimum atomic E-state index is -2.90. The van der Waals surface area contributed by atoms with Gasteiger partial charge in [-0.15, -0.1) is 0 Å². The Morgan fingerprint density at radius 2 is 2.11 bits per heavy atom. The van der Waals surface area contributed by atoms with Crippen molar-refractivity contribution in [2.75, 3.05) is 18.1 Å². The molecule has 1 saturated heterocycles. The summed E-state index contributed by atoms with van der Waals surface area (Å²) in [6, 6.07) is 6.67. The number of benzene rings is 1. The molecule has 1 aromatic rings. The number of phenolic OH excluding ortho intramolecular Hbond substituents is 1. The molecule has 104 valence electrons. The zero-order valence-corrected chi connectivity index (χ0v) is 11.3. The van der Waals surface area contributed by atoms with E-state index in [1.54, 1.807) is 18.2 Å². The van der Waals surface area contributed by atoms with Crippen LogP contribution in [0.5, 0.6) is 5.75 Å². The summed E-state index contributed by atoms with van der Waals surface area (Å²) >= 11 is 0. The molecule has 0 spiro atoms. The van der Waals surface area contributed by atoms with Crippen molar-refractivity contribution in [2.45, 2.75) is 12.8 Å². The zero-order chi connectivity index (χ0) is 13.9. The lowest BCUT2D eigenvalue weighted by Gasteiger charge is -2.10. The third-order valence-electron chi connectivity index (χ3n) is 3.26. The first-order valence-electron chi connectivity index (χ1n) is 6.20. The number of amides is 1. The molecule has 1 aromatic carbocycles. The van der Waals surface area contributed by atoms with Crippen molar-refractivity contribution in [1.82, 2.24) is 5.32 Å². The Balaban J connectivity index is 1.81. The van der Waals surface area contributed by atoms with E-state index in [0.717, 1.165) is 0 Å². The van der Waals surface area contributed by atoms with Gasteiger partial charge in [0.2, 0.25) is 5.91 Å². The first kappa shape index (κ1) is 13.9. The third kappa shape index (κ3) is 3.96. The highest BCUT2D eigenvalue weighted by atomic mass is 32.2. The van der Waals surface area contributed by atoms with Gasteiger partial charge in [0, 0.05) is 12.1 Å². The maximum absolute atomic E-state index is 11.7. The van der Waals surface area contributed by atoms with Gasteiger partial charge < -0.3 is 10.4 Å². The molecule has 2 rings (SSSR count). The maximum Gasteiger partial charge on any atom is 0.224 e. The van der Waals surface area contributed by atoms with Crippen molar-refractivity contribution >= 4 is 15.7 Å². The molecule has 0 aromatic heterocycles. The van der Waals surface area contributed by atoms with Crippen LogP contribution < -0.4 is 5.32 Å². The lowest BCUT2D eigenvalue weighted by Crippen LogP contribution is -2.31. The molecule has 6 heteroatoms. The van der Waals surface area contributed by atoms with Crippen molar-refractivity contribution < 1.29 is 18.3 Å². The average molecular weight is 283 g/mol. The van der Waals surface area contributed by atoms with Gasteiger partial charge in [0.25, 0.3) is 0 Å². The van der Waals surface area contributed by atoms with Gasteiger partial charge >= 0.3 is 0 Å². The number of para-hydroxylation sites is 1. The Hall–Kier alpha value is -1.56. The number of carbonyl (C=O) groups is 1. The molecule has 1 atom stereocenters. The van der Waals surface area contributed by atoms with Crippen LogP contribution in [0.1, 0.15) is 12.0 Å². The predicted molar refractivity (Wildman–Crippen MR) is 71.6 cm³/mol. The van der Waals surface area contributed by atoms with Crippen LogP contribution in [0.3, 0.4) is 0 Å². The van der Waals surface area contributed by atoms with Crippen molar-refractivity contribution in [2.24, 2.45) is 5.92 Å². The minimum Gasteiger partial charge on any atom is -0.508 e. The smallest absolute Gasteiger partial charge is 0.224 e. The van der Waals surface area contributed by atoms with Gasteiger partial charge in [-0.05, 0) is 18.4 Å². The number of nitrogens with one attached hydrogen (secondary N) is 1. The predicted octanol–water partition coefficient (Wildman–Crippen LogP) is 0.486. The van der Waals surface area contributed by atoms with Gasteiger partial charge in [0.15, 0.2) is 9.84 Å². The van der Waals surface area contributed by atoms with E-state index in [0.29, 0.717) is 18.5 Å². The lowest BCUT2D eigenvalue weighted by molar-refractivity contribution is -0.120. The van der Waals surface area contributed by atoms with E-state index in [1.165, 1.54) is 6.07 Å². The van der Waals surface area contributed by atoms with Crippen LogP contribution >= 0.6 is 0 Å². The fourth-order valence-corrected chi connectivity index (χ4v) is 4.05. The summed E-state index contributed by atoms with van der Waals surface area (Å²) in [6.45, 7) is 0.381. The fraction of sp³-hybridized carbons (Fsp3) is 0.462. The molecule has 5 nitrogen and oxygen atoms in total. The van der Waals surface area contributed by atoms with Crippen molar-refractivity contribution in [1.29, 1.82) is 0 Å². The Morgan fingerprint density at radius 3 is 2.74 bits per heavy atom. The molecule has 19 heavy (non-hydrogen) atoms. The van der Waals surface area contributed by atoms with Crippen molar-refractivity contribution in [3.63, 3.8) is 0 Å². The molecule has 0 bridgehead atoms. The van der Waals surface area contributed by atoms with Crippen molar-refractivity contribution in [3.8, 4) is 5.75 Å². The highest BCUT2D eigenvalue weighted by molar-refractivity contribution is 7.91. The molecule has 1 amide bonds. The summed E-state index contributed by atoms with van der Waals surface area (Å²) in [6.07, 6.45) is 0.714. The van der Waals surface area contributed by atoms with E-state index in [4.69, 9.17) is 0 Å². The number of hydrogen-bond acceptors (Lipinski definition) is 4. The van der Waals surface area contributed by atoms with Gasteiger partial charge in [-0.2, -0.15) is 0 Å². The van der Waals surface area contributed by atoms with Gasteiger partial charge in [0.1, 0.15) is 5.75 Å². The monoisotopic (exact) mass is 283 g/mol. The summed E-state index contributed by atoms with van der Waals surface area (Å²) in [7, 11) is -2.90. The molecular weight excluding hydrogens is 266 g/mol. The summed E-state index contributed by atoms with van der Waals surface area (Å²) < 4.78 is 22.6. The van der Waals surface area contributed by atoms with Crippen LogP contribution in [0.2, 0.25) is 0 Å². The summed E-state index contributed by atoms with van der Waals surface area (Å²) in [5.74, 6) is 0.280. The van der Waals surface area contributed by atoms with E-state index < -0.39 is 9.84 Å². The van der Waals surface area contributed by atoms with E-state index in [2.05, 4.69) is 5.32 Å². The van der Waals surface area contributed by atoms with Gasteiger partial charge in [-0.25, -0.2) is 8.42 Å². The SMILES string of the molecule is O=C(Cc1ccccc1O)NCC1CCS(=O)(=O)C1.